The lowest BCUT2D eigenvalue weighted by molar-refractivity contribution is -0.124. The van der Waals surface area contributed by atoms with Crippen molar-refractivity contribution in [2.45, 2.75) is 64.7 Å². The molecule has 0 radical (unpaired) electrons. The second-order valence-corrected chi connectivity index (χ2v) is 6.35. The van der Waals surface area contributed by atoms with Crippen LogP contribution in [0.15, 0.2) is 0 Å². The summed E-state index contributed by atoms with van der Waals surface area (Å²) in [5.74, 6) is 0.0831. The van der Waals surface area contributed by atoms with E-state index in [1.165, 1.54) is 0 Å². The Hall–Kier alpha value is -0.610. The molecular weight excluding hydrogens is 214 g/mol. The monoisotopic (exact) mass is 241 g/mol. The van der Waals surface area contributed by atoms with Gasteiger partial charge in [0.1, 0.15) is 0 Å². The molecule has 17 heavy (non-hydrogen) atoms. The number of amides is 1. The van der Waals surface area contributed by atoms with Crippen molar-refractivity contribution in [3.8, 4) is 0 Å². The van der Waals surface area contributed by atoms with Gasteiger partial charge in [0.15, 0.2) is 0 Å². The molecule has 0 aliphatic carbocycles. The van der Waals surface area contributed by atoms with Gasteiger partial charge in [0.05, 0.1) is 6.04 Å². The van der Waals surface area contributed by atoms with E-state index in [0.29, 0.717) is 12.1 Å². The molecule has 1 aliphatic rings. The first-order valence-corrected chi connectivity index (χ1v) is 6.47. The van der Waals surface area contributed by atoms with Gasteiger partial charge in [-0.25, -0.2) is 0 Å². The zero-order valence-electron chi connectivity index (χ0n) is 12.0. The number of nitrogens with zero attached hydrogens (tertiary/aromatic N) is 1. The summed E-state index contributed by atoms with van der Waals surface area (Å²) in [6.45, 7) is 11.2. The lowest BCUT2D eigenvalue weighted by atomic mass is 10.1. The number of likely N-dealkylation sites (tertiary alicyclic amines) is 1. The Bertz CT molecular complexity index is 262. The predicted octanol–water partition coefficient (Wildman–Crippen LogP) is 0.972. The Morgan fingerprint density at radius 2 is 2.00 bits per heavy atom. The van der Waals surface area contributed by atoms with E-state index in [2.05, 4.69) is 29.5 Å². The molecule has 1 saturated heterocycles. The Kier molecular flexibility index (Phi) is 4.55. The number of nitrogens with one attached hydrogen (secondary N) is 2. The van der Waals surface area contributed by atoms with E-state index in [0.717, 1.165) is 13.0 Å². The maximum absolute atomic E-state index is 11.9. The van der Waals surface area contributed by atoms with Gasteiger partial charge >= 0.3 is 0 Å². The van der Waals surface area contributed by atoms with Gasteiger partial charge < -0.3 is 15.5 Å². The van der Waals surface area contributed by atoms with E-state index < -0.39 is 0 Å². The summed E-state index contributed by atoms with van der Waals surface area (Å²) in [4.78, 5) is 14.2. The van der Waals surface area contributed by atoms with Crippen LogP contribution in [0.4, 0.5) is 0 Å². The Balaban J connectivity index is 2.39. The largest absolute Gasteiger partial charge is 0.350 e. The standard InChI is InChI=1S/C13H27N3O/c1-9-7-11(8-16(9)6)14-10(2)12(17)15-13(3,4)5/h9-11,14H,7-8H2,1-6H3,(H,15,17). The van der Waals surface area contributed by atoms with Gasteiger partial charge in [0.2, 0.25) is 5.91 Å². The van der Waals surface area contributed by atoms with Crippen LogP contribution in [0.2, 0.25) is 0 Å². The first-order valence-electron chi connectivity index (χ1n) is 6.47. The fourth-order valence-corrected chi connectivity index (χ4v) is 2.22. The molecule has 0 bridgehead atoms. The van der Waals surface area contributed by atoms with Gasteiger partial charge in [-0.2, -0.15) is 0 Å². The van der Waals surface area contributed by atoms with Gasteiger partial charge in [-0.05, 0) is 48.1 Å². The molecule has 1 fully saturated rings. The molecule has 0 spiro atoms. The first-order chi connectivity index (χ1) is 7.69. The zero-order valence-corrected chi connectivity index (χ0v) is 12.0. The summed E-state index contributed by atoms with van der Waals surface area (Å²) in [5, 5.41) is 6.41. The topological polar surface area (TPSA) is 44.4 Å². The van der Waals surface area contributed by atoms with E-state index in [4.69, 9.17) is 0 Å². The summed E-state index contributed by atoms with van der Waals surface area (Å²) in [6, 6.07) is 0.902. The summed E-state index contributed by atoms with van der Waals surface area (Å²) >= 11 is 0. The molecule has 0 aromatic carbocycles. The summed E-state index contributed by atoms with van der Waals surface area (Å²) in [7, 11) is 2.13. The van der Waals surface area contributed by atoms with E-state index >= 15 is 0 Å². The third-order valence-electron chi connectivity index (χ3n) is 3.26. The third-order valence-corrected chi connectivity index (χ3v) is 3.26. The molecule has 3 atom stereocenters. The van der Waals surface area contributed by atoms with Crippen LogP contribution >= 0.6 is 0 Å². The van der Waals surface area contributed by atoms with Gasteiger partial charge in [-0.15, -0.1) is 0 Å². The van der Waals surface area contributed by atoms with E-state index in [1.54, 1.807) is 0 Å². The van der Waals surface area contributed by atoms with E-state index in [9.17, 15) is 4.79 Å². The zero-order chi connectivity index (χ0) is 13.2. The van der Waals surface area contributed by atoms with Gasteiger partial charge in [0.25, 0.3) is 0 Å². The van der Waals surface area contributed by atoms with Gasteiger partial charge in [0, 0.05) is 24.2 Å². The third kappa shape index (κ3) is 4.64. The number of carbonyl (C=O) groups is 1. The molecule has 4 heteroatoms. The van der Waals surface area contributed by atoms with Crippen LogP contribution < -0.4 is 10.6 Å². The molecule has 1 rings (SSSR count). The minimum absolute atomic E-state index is 0.0831. The normalized spacial score (nSPS) is 28.1. The molecular formula is C13H27N3O. The van der Waals surface area contributed by atoms with Gasteiger partial charge in [-0.1, -0.05) is 0 Å². The lowest BCUT2D eigenvalue weighted by Gasteiger charge is -2.25. The number of hydrogen-bond donors (Lipinski definition) is 2. The van der Waals surface area contributed by atoms with Crippen LogP contribution in [-0.4, -0.2) is 48.1 Å². The van der Waals surface area contributed by atoms with Crippen LogP contribution in [-0.2, 0) is 4.79 Å². The van der Waals surface area contributed by atoms with Crippen molar-refractivity contribution in [3.05, 3.63) is 0 Å². The average molecular weight is 241 g/mol. The quantitative estimate of drug-likeness (QED) is 0.774. The highest BCUT2D eigenvalue weighted by atomic mass is 16.2. The number of carbonyl (C=O) groups excluding carboxylic acids is 1. The summed E-state index contributed by atoms with van der Waals surface area (Å²) in [6.07, 6.45) is 1.11. The van der Waals surface area contributed by atoms with Crippen molar-refractivity contribution in [3.63, 3.8) is 0 Å². The summed E-state index contributed by atoms with van der Waals surface area (Å²) < 4.78 is 0. The van der Waals surface area contributed by atoms with Crippen LogP contribution in [0.1, 0.15) is 41.0 Å². The van der Waals surface area contributed by atoms with E-state index in [1.807, 2.05) is 27.7 Å². The second kappa shape index (κ2) is 5.36. The van der Waals surface area contributed by atoms with Crippen molar-refractivity contribution in [1.29, 1.82) is 0 Å². The predicted molar refractivity (Wildman–Crippen MR) is 71.0 cm³/mol. The number of hydrogen-bond acceptors (Lipinski definition) is 3. The highest BCUT2D eigenvalue weighted by Crippen LogP contribution is 2.15. The highest BCUT2D eigenvalue weighted by Gasteiger charge is 2.29. The van der Waals surface area contributed by atoms with Crippen LogP contribution in [0.5, 0.6) is 0 Å². The average Bonchev–Trinajstić information content (AvgIpc) is 2.42. The van der Waals surface area contributed by atoms with Crippen molar-refractivity contribution >= 4 is 5.91 Å². The maximum atomic E-state index is 11.9. The highest BCUT2D eigenvalue weighted by molar-refractivity contribution is 5.81. The van der Waals surface area contributed by atoms with Crippen molar-refractivity contribution in [2.75, 3.05) is 13.6 Å². The minimum Gasteiger partial charge on any atom is -0.350 e. The number of rotatable bonds is 3. The molecule has 1 heterocycles. The smallest absolute Gasteiger partial charge is 0.237 e. The Morgan fingerprint density at radius 3 is 2.41 bits per heavy atom. The molecule has 3 unspecified atom stereocenters. The van der Waals surface area contributed by atoms with E-state index in [-0.39, 0.29) is 17.5 Å². The van der Waals surface area contributed by atoms with Crippen molar-refractivity contribution in [1.82, 2.24) is 15.5 Å². The minimum atomic E-state index is -0.160. The molecule has 0 aromatic rings. The Morgan fingerprint density at radius 1 is 1.41 bits per heavy atom. The van der Waals surface area contributed by atoms with Crippen molar-refractivity contribution in [2.24, 2.45) is 0 Å². The molecule has 0 aromatic heterocycles. The maximum Gasteiger partial charge on any atom is 0.237 e. The lowest BCUT2D eigenvalue weighted by Crippen LogP contribution is -2.52. The number of likely N-dealkylation sites (N-methyl/N-ethyl adjacent to an activating group) is 1. The first kappa shape index (κ1) is 14.5. The summed E-state index contributed by atoms with van der Waals surface area (Å²) in [5.41, 5.74) is -0.160. The Labute approximate surface area is 105 Å². The molecule has 0 saturated carbocycles. The second-order valence-electron chi connectivity index (χ2n) is 6.35. The molecule has 4 nitrogen and oxygen atoms in total. The molecule has 1 aliphatic heterocycles. The van der Waals surface area contributed by atoms with Crippen LogP contribution in [0, 0.1) is 0 Å². The fraction of sp³-hybridized carbons (Fsp3) is 0.923. The molecule has 100 valence electrons. The van der Waals surface area contributed by atoms with Crippen LogP contribution in [0.25, 0.3) is 0 Å². The molecule has 1 amide bonds. The van der Waals surface area contributed by atoms with Crippen LogP contribution in [0.3, 0.4) is 0 Å². The van der Waals surface area contributed by atoms with Crippen molar-refractivity contribution < 1.29 is 4.79 Å². The molecule has 2 N–H and O–H groups in total. The SMILES string of the molecule is CC(NC1CC(C)N(C)C1)C(=O)NC(C)(C)C. The fourth-order valence-electron chi connectivity index (χ4n) is 2.22. The van der Waals surface area contributed by atoms with Gasteiger partial charge in [-0.3, -0.25) is 4.79 Å².